The van der Waals surface area contributed by atoms with Crippen molar-refractivity contribution in [3.8, 4) is 5.75 Å². The van der Waals surface area contributed by atoms with Crippen LogP contribution in [-0.4, -0.2) is 17.8 Å². The summed E-state index contributed by atoms with van der Waals surface area (Å²) in [6, 6.07) is 9.52. The van der Waals surface area contributed by atoms with E-state index in [0.717, 1.165) is 5.56 Å². The Hall–Kier alpha value is -1.33. The lowest BCUT2D eigenvalue weighted by Gasteiger charge is -2.14. The third-order valence-corrected chi connectivity index (χ3v) is 3.76. The summed E-state index contributed by atoms with van der Waals surface area (Å²) in [5.74, 6) is 0.279. The van der Waals surface area contributed by atoms with Gasteiger partial charge in [-0.15, -0.1) is 0 Å². The van der Waals surface area contributed by atoms with Crippen LogP contribution >= 0.6 is 23.2 Å². The summed E-state index contributed by atoms with van der Waals surface area (Å²) in [5.41, 5.74) is 1.57. The molecule has 0 aliphatic heterocycles. The van der Waals surface area contributed by atoms with Gasteiger partial charge >= 0.3 is 0 Å². The first kappa shape index (κ1) is 18.0. The summed E-state index contributed by atoms with van der Waals surface area (Å²) in [7, 11) is 0. The van der Waals surface area contributed by atoms with Crippen LogP contribution < -0.4 is 10.1 Å². The molecule has 2 aromatic rings. The van der Waals surface area contributed by atoms with Gasteiger partial charge in [-0.1, -0.05) is 29.3 Å². The molecule has 0 radical (unpaired) electrons. The number of benzene rings is 2. The molecule has 0 aliphatic carbocycles. The highest BCUT2D eigenvalue weighted by molar-refractivity contribution is 6.31. The zero-order valence-corrected chi connectivity index (χ0v) is 14.2. The lowest BCUT2D eigenvalue weighted by Crippen LogP contribution is -2.24. The molecule has 0 fully saturated rings. The number of rotatable bonds is 7. The minimum Gasteiger partial charge on any atom is -0.489 e. The number of ether oxygens (including phenoxy) is 1. The highest BCUT2D eigenvalue weighted by Gasteiger charge is 2.08. The molecule has 2 rings (SSSR count). The first-order chi connectivity index (χ1) is 11.0. The molecule has 1 atom stereocenters. The molecule has 0 amide bonds. The van der Waals surface area contributed by atoms with E-state index < -0.39 is 6.10 Å². The monoisotopic (exact) mass is 357 g/mol. The molecular formula is C17H18Cl2FNO2. The number of halogens is 3. The third kappa shape index (κ3) is 5.66. The van der Waals surface area contributed by atoms with Crippen LogP contribution in [0.1, 0.15) is 18.1 Å². The molecule has 0 saturated heterocycles. The highest BCUT2D eigenvalue weighted by atomic mass is 35.5. The first-order valence-corrected chi connectivity index (χ1v) is 7.95. The van der Waals surface area contributed by atoms with Crippen LogP contribution in [-0.2, 0) is 13.2 Å². The minimum atomic E-state index is -0.434. The van der Waals surface area contributed by atoms with Crippen molar-refractivity contribution in [1.82, 2.24) is 5.32 Å². The van der Waals surface area contributed by atoms with E-state index in [1.54, 1.807) is 31.2 Å². The summed E-state index contributed by atoms with van der Waals surface area (Å²) in [6.07, 6.45) is -0.434. The van der Waals surface area contributed by atoms with Gasteiger partial charge in [0.2, 0.25) is 0 Å². The second-order valence-electron chi connectivity index (χ2n) is 5.26. The minimum absolute atomic E-state index is 0.226. The fraction of sp³-hybridized carbons (Fsp3) is 0.294. The van der Waals surface area contributed by atoms with E-state index in [1.165, 1.54) is 12.1 Å². The van der Waals surface area contributed by atoms with E-state index in [-0.39, 0.29) is 12.4 Å². The molecule has 6 heteroatoms. The van der Waals surface area contributed by atoms with Gasteiger partial charge in [0, 0.05) is 29.2 Å². The molecule has 0 saturated carbocycles. The molecule has 3 nitrogen and oxygen atoms in total. The molecule has 0 aliphatic rings. The highest BCUT2D eigenvalue weighted by Crippen LogP contribution is 2.25. The van der Waals surface area contributed by atoms with Gasteiger partial charge in [-0.05, 0) is 37.3 Å². The maximum atomic E-state index is 13.1. The van der Waals surface area contributed by atoms with E-state index in [0.29, 0.717) is 34.4 Å². The van der Waals surface area contributed by atoms with Gasteiger partial charge in [-0.3, -0.25) is 0 Å². The van der Waals surface area contributed by atoms with Gasteiger partial charge in [0.05, 0.1) is 11.1 Å². The molecule has 2 aromatic carbocycles. The van der Waals surface area contributed by atoms with Crippen LogP contribution in [0.25, 0.3) is 0 Å². The Balaban J connectivity index is 2.06. The predicted molar refractivity (Wildman–Crippen MR) is 90.6 cm³/mol. The number of aliphatic hydroxyl groups is 1. The zero-order chi connectivity index (χ0) is 16.8. The fourth-order valence-electron chi connectivity index (χ4n) is 2.04. The standard InChI is InChI=1S/C17H18Cl2FNO2/c1-11(22)8-21-9-13-6-14(18)3-5-17(13)23-10-12-2-4-15(20)7-16(12)19/h2-7,11,21-22H,8-10H2,1H3/t11-/m0/s1. The zero-order valence-electron chi connectivity index (χ0n) is 12.7. The van der Waals surface area contributed by atoms with Crippen molar-refractivity contribution < 1.29 is 14.2 Å². The van der Waals surface area contributed by atoms with Crippen molar-refractivity contribution in [1.29, 1.82) is 0 Å². The number of aliphatic hydroxyl groups excluding tert-OH is 1. The number of hydrogen-bond acceptors (Lipinski definition) is 3. The summed E-state index contributed by atoms with van der Waals surface area (Å²) >= 11 is 12.0. The number of hydrogen-bond donors (Lipinski definition) is 2. The molecule has 23 heavy (non-hydrogen) atoms. The Kier molecular flexibility index (Phi) is 6.66. The smallest absolute Gasteiger partial charge is 0.124 e. The average molecular weight is 358 g/mol. The lowest BCUT2D eigenvalue weighted by molar-refractivity contribution is 0.190. The van der Waals surface area contributed by atoms with Crippen LogP contribution in [0.2, 0.25) is 10.0 Å². The number of nitrogens with one attached hydrogen (secondary N) is 1. The van der Waals surface area contributed by atoms with E-state index in [9.17, 15) is 9.50 Å². The first-order valence-electron chi connectivity index (χ1n) is 7.19. The summed E-state index contributed by atoms with van der Waals surface area (Å²) in [4.78, 5) is 0. The molecule has 0 bridgehead atoms. The molecule has 2 N–H and O–H groups in total. The van der Waals surface area contributed by atoms with Crippen molar-refractivity contribution in [2.45, 2.75) is 26.2 Å². The van der Waals surface area contributed by atoms with Gasteiger partial charge in [0.25, 0.3) is 0 Å². The van der Waals surface area contributed by atoms with Crippen LogP contribution in [0, 0.1) is 5.82 Å². The lowest BCUT2D eigenvalue weighted by atomic mass is 10.2. The maximum Gasteiger partial charge on any atom is 0.124 e. The molecule has 0 heterocycles. The Morgan fingerprint density at radius 3 is 2.65 bits per heavy atom. The quantitative estimate of drug-likeness (QED) is 0.780. The molecule has 0 spiro atoms. The Morgan fingerprint density at radius 2 is 1.96 bits per heavy atom. The SMILES string of the molecule is C[C@H](O)CNCc1cc(Cl)ccc1OCc1ccc(F)cc1Cl. The molecule has 0 unspecified atom stereocenters. The van der Waals surface area contributed by atoms with Crippen molar-refractivity contribution in [2.75, 3.05) is 6.54 Å². The maximum absolute atomic E-state index is 13.1. The Morgan fingerprint density at radius 1 is 1.17 bits per heavy atom. The van der Waals surface area contributed by atoms with E-state index in [2.05, 4.69) is 5.32 Å². The topological polar surface area (TPSA) is 41.5 Å². The normalized spacial score (nSPS) is 12.2. The van der Waals surface area contributed by atoms with Crippen LogP contribution in [0.3, 0.4) is 0 Å². The average Bonchev–Trinajstić information content (AvgIpc) is 2.47. The van der Waals surface area contributed by atoms with Gasteiger partial charge in [-0.2, -0.15) is 0 Å². The Labute approximate surface area is 145 Å². The van der Waals surface area contributed by atoms with Crippen LogP contribution in [0.5, 0.6) is 5.75 Å². The van der Waals surface area contributed by atoms with Gasteiger partial charge in [-0.25, -0.2) is 4.39 Å². The van der Waals surface area contributed by atoms with Crippen molar-refractivity contribution in [2.24, 2.45) is 0 Å². The Bertz CT molecular complexity index is 665. The van der Waals surface area contributed by atoms with Crippen molar-refractivity contribution in [3.05, 3.63) is 63.4 Å². The summed E-state index contributed by atoms with van der Waals surface area (Å²) in [5, 5.41) is 13.3. The second-order valence-corrected chi connectivity index (χ2v) is 6.10. The van der Waals surface area contributed by atoms with Crippen LogP contribution in [0.4, 0.5) is 4.39 Å². The predicted octanol–water partition coefficient (Wildman–Crippen LogP) is 4.18. The largest absolute Gasteiger partial charge is 0.489 e. The molecule has 124 valence electrons. The summed E-state index contributed by atoms with van der Waals surface area (Å²) in [6.45, 7) is 2.91. The van der Waals surface area contributed by atoms with E-state index in [4.69, 9.17) is 27.9 Å². The van der Waals surface area contributed by atoms with Gasteiger partial charge < -0.3 is 15.2 Å². The third-order valence-electron chi connectivity index (χ3n) is 3.18. The van der Waals surface area contributed by atoms with Crippen molar-refractivity contribution in [3.63, 3.8) is 0 Å². The van der Waals surface area contributed by atoms with Gasteiger partial charge in [0.15, 0.2) is 0 Å². The van der Waals surface area contributed by atoms with Gasteiger partial charge in [0.1, 0.15) is 18.2 Å². The summed E-state index contributed by atoms with van der Waals surface area (Å²) < 4.78 is 18.8. The van der Waals surface area contributed by atoms with Crippen LogP contribution in [0.15, 0.2) is 36.4 Å². The van der Waals surface area contributed by atoms with Crippen molar-refractivity contribution >= 4 is 23.2 Å². The molecular weight excluding hydrogens is 340 g/mol. The molecule has 0 aromatic heterocycles. The fourth-order valence-corrected chi connectivity index (χ4v) is 2.45. The van der Waals surface area contributed by atoms with E-state index in [1.807, 2.05) is 0 Å². The van der Waals surface area contributed by atoms with E-state index >= 15 is 0 Å². The second kappa shape index (κ2) is 8.50.